The zero-order chi connectivity index (χ0) is 14.4. The Morgan fingerprint density at radius 1 is 1.24 bits per heavy atom. The van der Waals surface area contributed by atoms with Gasteiger partial charge in [-0.2, -0.15) is 4.99 Å². The van der Waals surface area contributed by atoms with E-state index in [0.29, 0.717) is 13.0 Å². The highest BCUT2D eigenvalue weighted by molar-refractivity contribution is 7.98. The Hall–Kier alpha value is -2.14. The zero-order valence-corrected chi connectivity index (χ0v) is 12.4. The van der Waals surface area contributed by atoms with Gasteiger partial charge in [0.1, 0.15) is 5.03 Å². The quantitative estimate of drug-likeness (QED) is 0.759. The lowest BCUT2D eigenvalue weighted by molar-refractivity contribution is -0.118. The molecule has 2 aliphatic rings. The van der Waals surface area contributed by atoms with Crippen LogP contribution >= 0.6 is 11.9 Å². The number of carbonyl (C=O) groups is 1. The third kappa shape index (κ3) is 2.05. The minimum Gasteiger partial charge on any atom is -0.294 e. The van der Waals surface area contributed by atoms with Gasteiger partial charge in [0.25, 0.3) is 0 Å². The van der Waals surface area contributed by atoms with Crippen molar-refractivity contribution in [2.45, 2.75) is 18.4 Å². The second kappa shape index (κ2) is 4.70. The van der Waals surface area contributed by atoms with Crippen LogP contribution in [0.2, 0.25) is 0 Å². The van der Waals surface area contributed by atoms with Crippen molar-refractivity contribution in [3.8, 4) is 11.3 Å². The molecule has 2 aliphatic heterocycles. The predicted molar refractivity (Wildman–Crippen MR) is 83.1 cm³/mol. The molecule has 0 fully saturated rings. The molecule has 0 N–H and O–H groups in total. The fourth-order valence-electron chi connectivity index (χ4n) is 2.65. The Morgan fingerprint density at radius 3 is 2.86 bits per heavy atom. The molecule has 4 rings (SSSR count). The molecule has 2 aromatic rings. The second-order valence-corrected chi connectivity index (χ2v) is 6.15. The number of amidine groups is 1. The fraction of sp³-hybridized carbons (Fsp3) is 0.188. The lowest BCUT2D eigenvalue weighted by atomic mass is 10.1. The third-order valence-corrected chi connectivity index (χ3v) is 4.71. The van der Waals surface area contributed by atoms with Crippen molar-refractivity contribution in [1.29, 1.82) is 0 Å². The van der Waals surface area contributed by atoms with E-state index in [0.717, 1.165) is 33.2 Å². The Bertz CT molecular complexity index is 771. The SMILES string of the molecule is Cc1cc(-c2ccccc2)nc2c1C1=NC(=O)CCN1S2. The van der Waals surface area contributed by atoms with Gasteiger partial charge >= 0.3 is 0 Å². The van der Waals surface area contributed by atoms with E-state index < -0.39 is 0 Å². The molecule has 0 bridgehead atoms. The van der Waals surface area contributed by atoms with Crippen LogP contribution in [-0.4, -0.2) is 27.6 Å². The number of nitrogens with zero attached hydrogens (tertiary/aromatic N) is 3. The maximum atomic E-state index is 11.6. The highest BCUT2D eigenvalue weighted by Gasteiger charge is 2.33. The van der Waals surface area contributed by atoms with E-state index in [2.05, 4.69) is 34.4 Å². The van der Waals surface area contributed by atoms with Crippen molar-refractivity contribution >= 4 is 23.7 Å². The first-order chi connectivity index (χ1) is 10.2. The largest absolute Gasteiger partial charge is 0.294 e. The number of amides is 1. The highest BCUT2D eigenvalue weighted by atomic mass is 32.2. The zero-order valence-electron chi connectivity index (χ0n) is 11.5. The van der Waals surface area contributed by atoms with Crippen LogP contribution < -0.4 is 0 Å². The molecule has 5 heteroatoms. The van der Waals surface area contributed by atoms with Crippen molar-refractivity contribution in [2.24, 2.45) is 4.99 Å². The van der Waals surface area contributed by atoms with E-state index >= 15 is 0 Å². The molecule has 0 spiro atoms. The van der Waals surface area contributed by atoms with Crippen molar-refractivity contribution in [1.82, 2.24) is 9.29 Å². The van der Waals surface area contributed by atoms with Crippen LogP contribution in [0.15, 0.2) is 46.4 Å². The fourth-order valence-corrected chi connectivity index (χ4v) is 3.74. The Balaban J connectivity index is 1.85. The van der Waals surface area contributed by atoms with Crippen LogP contribution in [0, 0.1) is 6.92 Å². The molecule has 1 aromatic heterocycles. The van der Waals surface area contributed by atoms with E-state index in [1.165, 1.54) is 0 Å². The summed E-state index contributed by atoms with van der Waals surface area (Å²) in [6.07, 6.45) is 0.481. The summed E-state index contributed by atoms with van der Waals surface area (Å²) in [5.74, 6) is 0.733. The number of hydrogen-bond acceptors (Lipinski definition) is 4. The van der Waals surface area contributed by atoms with Crippen LogP contribution in [0.25, 0.3) is 11.3 Å². The maximum absolute atomic E-state index is 11.6. The van der Waals surface area contributed by atoms with Gasteiger partial charge in [-0.1, -0.05) is 30.3 Å². The lowest BCUT2D eigenvalue weighted by Crippen LogP contribution is -2.29. The normalized spacial score (nSPS) is 16.5. The van der Waals surface area contributed by atoms with Gasteiger partial charge in [0.2, 0.25) is 5.91 Å². The number of hydrogen-bond donors (Lipinski definition) is 0. The molecule has 104 valence electrons. The standard InChI is InChI=1S/C16H13N3OS/c1-10-9-12(11-5-3-2-4-6-11)17-16-14(10)15-18-13(20)7-8-19(15)21-16/h2-6,9H,7-8H2,1H3. The molecule has 0 aliphatic carbocycles. The number of pyridine rings is 1. The molecule has 0 saturated heterocycles. The third-order valence-electron chi connectivity index (χ3n) is 3.67. The average Bonchev–Trinajstić information content (AvgIpc) is 2.86. The molecule has 0 unspecified atom stereocenters. The maximum Gasteiger partial charge on any atom is 0.249 e. The molecule has 0 atom stereocenters. The molecule has 4 nitrogen and oxygen atoms in total. The first kappa shape index (κ1) is 12.6. The predicted octanol–water partition coefficient (Wildman–Crippen LogP) is 3.06. The number of aromatic nitrogens is 1. The molecule has 21 heavy (non-hydrogen) atoms. The lowest BCUT2D eigenvalue weighted by Gasteiger charge is -2.19. The number of rotatable bonds is 1. The summed E-state index contributed by atoms with van der Waals surface area (Å²) in [4.78, 5) is 20.5. The monoisotopic (exact) mass is 295 g/mol. The van der Waals surface area contributed by atoms with Gasteiger partial charge in [0.05, 0.1) is 11.3 Å². The molecule has 1 aromatic carbocycles. The van der Waals surface area contributed by atoms with Crippen LogP contribution in [0.1, 0.15) is 17.5 Å². The van der Waals surface area contributed by atoms with Crippen molar-refractivity contribution < 1.29 is 4.79 Å². The molecule has 3 heterocycles. The summed E-state index contributed by atoms with van der Waals surface area (Å²) in [5.41, 5.74) is 4.19. The Kier molecular flexibility index (Phi) is 2.82. The van der Waals surface area contributed by atoms with Crippen LogP contribution in [0.5, 0.6) is 0 Å². The minimum absolute atomic E-state index is 0.0405. The van der Waals surface area contributed by atoms with E-state index in [-0.39, 0.29) is 5.91 Å². The minimum atomic E-state index is -0.0405. The van der Waals surface area contributed by atoms with Gasteiger partial charge < -0.3 is 0 Å². The molecule has 1 amide bonds. The van der Waals surface area contributed by atoms with Gasteiger partial charge in [-0.05, 0) is 18.6 Å². The van der Waals surface area contributed by atoms with Gasteiger partial charge in [-0.3, -0.25) is 9.10 Å². The van der Waals surface area contributed by atoms with Crippen molar-refractivity contribution in [3.05, 3.63) is 47.5 Å². The number of fused-ring (bicyclic) bond motifs is 3. The van der Waals surface area contributed by atoms with E-state index in [4.69, 9.17) is 4.98 Å². The molecule has 0 saturated carbocycles. The van der Waals surface area contributed by atoms with Crippen LogP contribution in [0.4, 0.5) is 0 Å². The second-order valence-electron chi connectivity index (χ2n) is 5.14. The van der Waals surface area contributed by atoms with E-state index in [9.17, 15) is 4.79 Å². The topological polar surface area (TPSA) is 45.6 Å². The van der Waals surface area contributed by atoms with Crippen molar-refractivity contribution in [2.75, 3.05) is 6.54 Å². The van der Waals surface area contributed by atoms with Gasteiger partial charge in [0.15, 0.2) is 5.84 Å². The van der Waals surface area contributed by atoms with Crippen molar-refractivity contribution in [3.63, 3.8) is 0 Å². The molecular weight excluding hydrogens is 282 g/mol. The summed E-state index contributed by atoms with van der Waals surface area (Å²) in [6, 6.07) is 12.2. The average molecular weight is 295 g/mol. The number of aliphatic imine (C=N–C) groups is 1. The Morgan fingerprint density at radius 2 is 2.05 bits per heavy atom. The van der Waals surface area contributed by atoms with Crippen LogP contribution in [0.3, 0.4) is 0 Å². The molecule has 0 radical (unpaired) electrons. The Labute approximate surface area is 127 Å². The summed E-state index contributed by atoms with van der Waals surface area (Å²) in [7, 11) is 0. The van der Waals surface area contributed by atoms with Gasteiger partial charge in [-0.15, -0.1) is 0 Å². The number of aryl methyl sites for hydroxylation is 1. The van der Waals surface area contributed by atoms with Gasteiger partial charge in [0, 0.05) is 30.5 Å². The summed E-state index contributed by atoms with van der Waals surface area (Å²) in [6.45, 7) is 2.76. The highest BCUT2D eigenvalue weighted by Crippen LogP contribution is 2.39. The summed E-state index contributed by atoms with van der Waals surface area (Å²) < 4.78 is 2.07. The number of carbonyl (C=O) groups excluding carboxylic acids is 1. The smallest absolute Gasteiger partial charge is 0.249 e. The summed E-state index contributed by atoms with van der Waals surface area (Å²) >= 11 is 1.58. The molecular formula is C16H13N3OS. The number of benzene rings is 1. The van der Waals surface area contributed by atoms with Gasteiger partial charge in [-0.25, -0.2) is 4.98 Å². The van der Waals surface area contributed by atoms with E-state index in [1.54, 1.807) is 11.9 Å². The first-order valence-electron chi connectivity index (χ1n) is 6.87. The first-order valence-corrected chi connectivity index (χ1v) is 7.64. The van der Waals surface area contributed by atoms with E-state index in [1.807, 2.05) is 18.2 Å². The van der Waals surface area contributed by atoms with Crippen LogP contribution in [-0.2, 0) is 4.79 Å². The summed E-state index contributed by atoms with van der Waals surface area (Å²) in [5, 5.41) is 0.947.